The molecule has 0 aromatic heterocycles. The van der Waals surface area contributed by atoms with Gasteiger partial charge in [0.25, 0.3) is 0 Å². The smallest absolute Gasteiger partial charge is 0.174 e. The molecule has 20 heavy (non-hydrogen) atoms. The highest BCUT2D eigenvalue weighted by Crippen LogP contribution is 2.34. The van der Waals surface area contributed by atoms with Crippen molar-refractivity contribution in [1.29, 1.82) is 0 Å². The summed E-state index contributed by atoms with van der Waals surface area (Å²) in [5.41, 5.74) is 2.28. The molecule has 3 nitrogen and oxygen atoms in total. The summed E-state index contributed by atoms with van der Waals surface area (Å²) in [6.45, 7) is 3.35. The Labute approximate surface area is 133 Å². The van der Waals surface area contributed by atoms with Crippen molar-refractivity contribution in [2.75, 3.05) is 19.0 Å². The van der Waals surface area contributed by atoms with Gasteiger partial charge in [0, 0.05) is 12.2 Å². The second-order valence-corrected chi connectivity index (χ2v) is 5.42. The van der Waals surface area contributed by atoms with E-state index in [1.807, 2.05) is 31.2 Å². The average molecular weight is 383 g/mol. The first kappa shape index (κ1) is 15.0. The van der Waals surface area contributed by atoms with Gasteiger partial charge in [-0.25, -0.2) is 0 Å². The molecule has 0 unspecified atom stereocenters. The van der Waals surface area contributed by atoms with Crippen molar-refractivity contribution in [3.63, 3.8) is 0 Å². The van der Waals surface area contributed by atoms with Gasteiger partial charge in [-0.2, -0.15) is 0 Å². The average Bonchev–Trinajstić information content (AvgIpc) is 2.46. The van der Waals surface area contributed by atoms with Gasteiger partial charge in [-0.05, 0) is 59.3 Å². The van der Waals surface area contributed by atoms with Gasteiger partial charge in [-0.3, -0.25) is 0 Å². The van der Waals surface area contributed by atoms with E-state index >= 15 is 0 Å². The number of hydrogen-bond donors (Lipinski definition) is 1. The Hall–Kier alpha value is -1.43. The Bertz CT molecular complexity index is 558. The Morgan fingerprint density at radius 1 is 1.15 bits per heavy atom. The van der Waals surface area contributed by atoms with Crippen molar-refractivity contribution in [2.45, 2.75) is 13.5 Å². The summed E-state index contributed by atoms with van der Waals surface area (Å²) >= 11 is 2.27. The zero-order valence-electron chi connectivity index (χ0n) is 11.7. The molecule has 2 rings (SSSR count). The van der Waals surface area contributed by atoms with E-state index in [1.165, 1.54) is 5.56 Å². The maximum absolute atomic E-state index is 5.64. The molecule has 2 aromatic rings. The van der Waals surface area contributed by atoms with Crippen LogP contribution in [0.25, 0.3) is 0 Å². The van der Waals surface area contributed by atoms with E-state index in [-0.39, 0.29) is 0 Å². The van der Waals surface area contributed by atoms with Crippen LogP contribution in [0.15, 0.2) is 42.5 Å². The maximum Gasteiger partial charge on any atom is 0.174 e. The highest BCUT2D eigenvalue weighted by Gasteiger charge is 2.10. The van der Waals surface area contributed by atoms with Gasteiger partial charge in [0.05, 0.1) is 17.3 Å². The molecule has 2 aromatic carbocycles. The standard InChI is InChI=1S/C16H18INO2/c1-3-20-15-10-12(9-14(17)16(15)19-2)11-18-13-7-5-4-6-8-13/h4-10,18H,3,11H2,1-2H3. The number of anilines is 1. The van der Waals surface area contributed by atoms with Crippen molar-refractivity contribution in [2.24, 2.45) is 0 Å². The largest absolute Gasteiger partial charge is 0.492 e. The van der Waals surface area contributed by atoms with E-state index in [9.17, 15) is 0 Å². The lowest BCUT2D eigenvalue weighted by atomic mass is 10.2. The van der Waals surface area contributed by atoms with Gasteiger partial charge in [-0.15, -0.1) is 0 Å². The Morgan fingerprint density at radius 2 is 1.90 bits per heavy atom. The van der Waals surface area contributed by atoms with Gasteiger partial charge in [0.2, 0.25) is 0 Å². The molecule has 0 saturated carbocycles. The zero-order chi connectivity index (χ0) is 14.4. The van der Waals surface area contributed by atoms with Crippen LogP contribution in [0.2, 0.25) is 0 Å². The number of para-hydroxylation sites is 1. The lowest BCUT2D eigenvalue weighted by Gasteiger charge is -2.14. The van der Waals surface area contributed by atoms with Crippen LogP contribution >= 0.6 is 22.6 Å². The predicted molar refractivity (Wildman–Crippen MR) is 90.6 cm³/mol. The topological polar surface area (TPSA) is 30.5 Å². The van der Waals surface area contributed by atoms with Gasteiger partial charge < -0.3 is 14.8 Å². The number of hydrogen-bond acceptors (Lipinski definition) is 3. The van der Waals surface area contributed by atoms with Crippen molar-refractivity contribution < 1.29 is 9.47 Å². The van der Waals surface area contributed by atoms with Gasteiger partial charge in [0.1, 0.15) is 0 Å². The molecular weight excluding hydrogens is 365 g/mol. The second-order valence-electron chi connectivity index (χ2n) is 4.26. The van der Waals surface area contributed by atoms with Crippen molar-refractivity contribution in [3.8, 4) is 11.5 Å². The third-order valence-corrected chi connectivity index (χ3v) is 3.64. The lowest BCUT2D eigenvalue weighted by molar-refractivity contribution is 0.309. The molecule has 0 aliphatic rings. The number of methoxy groups -OCH3 is 1. The van der Waals surface area contributed by atoms with Gasteiger partial charge in [0.15, 0.2) is 11.5 Å². The first-order valence-electron chi connectivity index (χ1n) is 6.52. The van der Waals surface area contributed by atoms with Crippen LogP contribution in [0.1, 0.15) is 12.5 Å². The molecule has 0 saturated heterocycles. The number of nitrogens with one attached hydrogen (secondary N) is 1. The fourth-order valence-corrected chi connectivity index (χ4v) is 2.83. The molecule has 0 aliphatic carbocycles. The first-order valence-corrected chi connectivity index (χ1v) is 7.60. The first-order chi connectivity index (χ1) is 9.74. The molecule has 1 N–H and O–H groups in total. The van der Waals surface area contributed by atoms with E-state index in [0.717, 1.165) is 27.3 Å². The molecular formula is C16H18INO2. The predicted octanol–water partition coefficient (Wildman–Crippen LogP) is 4.31. The molecule has 0 spiro atoms. The van der Waals surface area contributed by atoms with Gasteiger partial charge in [-0.1, -0.05) is 18.2 Å². The fraction of sp³-hybridized carbons (Fsp3) is 0.250. The molecule has 4 heteroatoms. The molecule has 0 atom stereocenters. The van der Waals surface area contributed by atoms with E-state index in [2.05, 4.69) is 46.1 Å². The second kappa shape index (κ2) is 7.38. The number of ether oxygens (including phenoxy) is 2. The molecule has 106 valence electrons. The van der Waals surface area contributed by atoms with E-state index in [1.54, 1.807) is 7.11 Å². The van der Waals surface area contributed by atoms with Crippen LogP contribution in [0.3, 0.4) is 0 Å². The van der Waals surface area contributed by atoms with Crippen LogP contribution in [0.5, 0.6) is 11.5 Å². The molecule has 0 aliphatic heterocycles. The molecule has 0 amide bonds. The lowest BCUT2D eigenvalue weighted by Crippen LogP contribution is -2.03. The van der Waals surface area contributed by atoms with Crippen molar-refractivity contribution in [1.82, 2.24) is 0 Å². The van der Waals surface area contributed by atoms with Crippen LogP contribution in [0.4, 0.5) is 5.69 Å². The summed E-state index contributed by atoms with van der Waals surface area (Å²) in [4.78, 5) is 0. The van der Waals surface area contributed by atoms with Crippen LogP contribution in [-0.2, 0) is 6.54 Å². The highest BCUT2D eigenvalue weighted by atomic mass is 127. The summed E-state index contributed by atoms with van der Waals surface area (Å²) in [6.07, 6.45) is 0. The quantitative estimate of drug-likeness (QED) is 0.755. The third-order valence-electron chi connectivity index (χ3n) is 2.84. The Morgan fingerprint density at radius 3 is 2.55 bits per heavy atom. The molecule has 0 heterocycles. The monoisotopic (exact) mass is 383 g/mol. The van der Waals surface area contributed by atoms with Gasteiger partial charge >= 0.3 is 0 Å². The van der Waals surface area contributed by atoms with Crippen LogP contribution in [0, 0.1) is 3.57 Å². The van der Waals surface area contributed by atoms with Crippen LogP contribution in [-0.4, -0.2) is 13.7 Å². The minimum Gasteiger partial charge on any atom is -0.492 e. The third kappa shape index (κ3) is 3.79. The SMILES string of the molecule is CCOc1cc(CNc2ccccc2)cc(I)c1OC. The normalized spacial score (nSPS) is 10.2. The minimum absolute atomic E-state index is 0.627. The summed E-state index contributed by atoms with van der Waals surface area (Å²) in [6, 6.07) is 14.3. The summed E-state index contributed by atoms with van der Waals surface area (Å²) < 4.78 is 12.1. The minimum atomic E-state index is 0.627. The summed E-state index contributed by atoms with van der Waals surface area (Å²) in [5, 5.41) is 3.40. The van der Waals surface area contributed by atoms with Crippen molar-refractivity contribution >= 4 is 28.3 Å². The zero-order valence-corrected chi connectivity index (χ0v) is 13.8. The van der Waals surface area contributed by atoms with Crippen LogP contribution < -0.4 is 14.8 Å². The Kier molecular flexibility index (Phi) is 5.52. The fourth-order valence-electron chi connectivity index (χ4n) is 1.94. The maximum atomic E-state index is 5.64. The number of rotatable bonds is 6. The highest BCUT2D eigenvalue weighted by molar-refractivity contribution is 14.1. The van der Waals surface area contributed by atoms with Crippen molar-refractivity contribution in [3.05, 3.63) is 51.6 Å². The Balaban J connectivity index is 2.16. The molecule has 0 bridgehead atoms. The van der Waals surface area contributed by atoms with E-state index in [0.29, 0.717) is 6.61 Å². The van der Waals surface area contributed by atoms with E-state index < -0.39 is 0 Å². The summed E-state index contributed by atoms with van der Waals surface area (Å²) in [5.74, 6) is 1.60. The number of benzene rings is 2. The molecule has 0 radical (unpaired) electrons. The summed E-state index contributed by atoms with van der Waals surface area (Å²) in [7, 11) is 1.67. The number of halogens is 1. The molecule has 0 fully saturated rings. The van der Waals surface area contributed by atoms with E-state index in [4.69, 9.17) is 9.47 Å².